The van der Waals surface area contributed by atoms with Crippen molar-refractivity contribution in [3.05, 3.63) is 53.2 Å². The summed E-state index contributed by atoms with van der Waals surface area (Å²) in [4.78, 5) is 8.84. The van der Waals surface area contributed by atoms with Crippen LogP contribution in [-0.4, -0.2) is 36.1 Å². The predicted octanol–water partition coefficient (Wildman–Crippen LogP) is 3.20. The van der Waals surface area contributed by atoms with Crippen molar-refractivity contribution in [3.63, 3.8) is 0 Å². The van der Waals surface area contributed by atoms with Gasteiger partial charge in [-0.25, -0.2) is 4.98 Å². The van der Waals surface area contributed by atoms with Crippen molar-refractivity contribution < 1.29 is 5.11 Å². The molecule has 1 aromatic heterocycles. The number of pyridine rings is 1. The highest BCUT2D eigenvalue weighted by molar-refractivity contribution is 6.30. The molecule has 1 radical (unpaired) electrons. The third-order valence-electron chi connectivity index (χ3n) is 3.74. The van der Waals surface area contributed by atoms with Crippen LogP contribution >= 0.6 is 11.6 Å². The number of benzene rings is 1. The zero-order chi connectivity index (χ0) is 14.7. The highest BCUT2D eigenvalue weighted by atomic mass is 35.5. The van der Waals surface area contributed by atoms with Crippen molar-refractivity contribution in [2.24, 2.45) is 0 Å². The van der Waals surface area contributed by atoms with Crippen LogP contribution in [0.2, 0.25) is 5.02 Å². The Kier molecular flexibility index (Phi) is 4.27. The van der Waals surface area contributed by atoms with E-state index in [1.807, 2.05) is 12.1 Å². The van der Waals surface area contributed by atoms with E-state index in [0.29, 0.717) is 0 Å². The SMILES string of the molecule is [O]c1ccc(N2CCN(Cc3ccc(Cl)cc3)CC2)nc1. The monoisotopic (exact) mass is 302 g/mol. The molecule has 5 heteroatoms. The zero-order valence-corrected chi connectivity index (χ0v) is 12.5. The summed E-state index contributed by atoms with van der Waals surface area (Å²) in [6, 6.07) is 11.4. The van der Waals surface area contributed by atoms with Gasteiger partial charge >= 0.3 is 0 Å². The Morgan fingerprint density at radius 2 is 1.71 bits per heavy atom. The van der Waals surface area contributed by atoms with E-state index in [1.165, 1.54) is 11.8 Å². The van der Waals surface area contributed by atoms with Gasteiger partial charge in [-0.05, 0) is 29.8 Å². The Bertz CT molecular complexity index is 577. The summed E-state index contributed by atoms with van der Waals surface area (Å²) >= 11 is 5.90. The summed E-state index contributed by atoms with van der Waals surface area (Å²) in [5, 5.41) is 11.9. The second-order valence-electron chi connectivity index (χ2n) is 5.24. The second kappa shape index (κ2) is 6.33. The summed E-state index contributed by atoms with van der Waals surface area (Å²) in [7, 11) is 0. The summed E-state index contributed by atoms with van der Waals surface area (Å²) in [6.45, 7) is 4.78. The highest BCUT2D eigenvalue weighted by Crippen LogP contribution is 2.18. The normalized spacial score (nSPS) is 16.1. The molecule has 1 aromatic carbocycles. The van der Waals surface area contributed by atoms with E-state index >= 15 is 0 Å². The van der Waals surface area contributed by atoms with Crippen molar-refractivity contribution >= 4 is 17.4 Å². The average molecular weight is 303 g/mol. The van der Waals surface area contributed by atoms with Crippen molar-refractivity contribution in [3.8, 4) is 5.75 Å². The molecule has 0 saturated carbocycles. The second-order valence-corrected chi connectivity index (χ2v) is 5.68. The van der Waals surface area contributed by atoms with Crippen LogP contribution in [0, 0.1) is 0 Å². The molecule has 0 amide bonds. The smallest absolute Gasteiger partial charge is 0.197 e. The van der Waals surface area contributed by atoms with E-state index in [1.54, 1.807) is 12.1 Å². The molecule has 0 unspecified atom stereocenters. The fraction of sp³-hybridized carbons (Fsp3) is 0.312. The summed E-state index contributed by atoms with van der Waals surface area (Å²) < 4.78 is 0. The van der Waals surface area contributed by atoms with Gasteiger partial charge in [0.25, 0.3) is 0 Å². The lowest BCUT2D eigenvalue weighted by Gasteiger charge is -2.35. The Hall–Kier alpha value is -1.78. The van der Waals surface area contributed by atoms with Crippen LogP contribution in [0.3, 0.4) is 0 Å². The maximum Gasteiger partial charge on any atom is 0.197 e. The van der Waals surface area contributed by atoms with Crippen molar-refractivity contribution in [2.45, 2.75) is 6.54 Å². The first-order chi connectivity index (χ1) is 10.2. The maximum absolute atomic E-state index is 11.1. The van der Waals surface area contributed by atoms with Gasteiger partial charge < -0.3 is 4.90 Å². The molecular weight excluding hydrogens is 286 g/mol. The Labute approximate surface area is 129 Å². The molecule has 2 aromatic rings. The molecule has 1 aliphatic heterocycles. The molecule has 1 saturated heterocycles. The van der Waals surface area contributed by atoms with Crippen LogP contribution in [0.1, 0.15) is 5.56 Å². The highest BCUT2D eigenvalue weighted by Gasteiger charge is 2.18. The molecule has 3 rings (SSSR count). The van der Waals surface area contributed by atoms with Crippen LogP contribution in [-0.2, 0) is 11.7 Å². The lowest BCUT2D eigenvalue weighted by Crippen LogP contribution is -2.46. The van der Waals surface area contributed by atoms with Crippen LogP contribution in [0.4, 0.5) is 5.82 Å². The van der Waals surface area contributed by atoms with Gasteiger partial charge in [-0.2, -0.15) is 0 Å². The van der Waals surface area contributed by atoms with E-state index in [0.717, 1.165) is 43.6 Å². The summed E-state index contributed by atoms with van der Waals surface area (Å²) in [6.07, 6.45) is 1.38. The van der Waals surface area contributed by atoms with Crippen LogP contribution in [0.5, 0.6) is 5.75 Å². The molecule has 0 N–H and O–H groups in total. The van der Waals surface area contributed by atoms with E-state index in [-0.39, 0.29) is 5.75 Å². The quantitative estimate of drug-likeness (QED) is 0.874. The first-order valence-corrected chi connectivity index (χ1v) is 7.43. The minimum Gasteiger partial charge on any atom is -0.354 e. The maximum atomic E-state index is 11.1. The average Bonchev–Trinajstić information content (AvgIpc) is 2.51. The van der Waals surface area contributed by atoms with E-state index in [9.17, 15) is 5.11 Å². The molecule has 21 heavy (non-hydrogen) atoms. The fourth-order valence-electron chi connectivity index (χ4n) is 2.54. The molecule has 1 aliphatic rings. The number of anilines is 1. The third-order valence-corrected chi connectivity index (χ3v) is 3.99. The first-order valence-electron chi connectivity index (χ1n) is 7.05. The van der Waals surface area contributed by atoms with Crippen molar-refractivity contribution in [2.75, 3.05) is 31.1 Å². The zero-order valence-electron chi connectivity index (χ0n) is 11.7. The number of hydrogen-bond acceptors (Lipinski definition) is 3. The molecule has 0 atom stereocenters. The van der Waals surface area contributed by atoms with Gasteiger partial charge in [0.05, 0.1) is 6.20 Å². The molecule has 109 valence electrons. The Balaban J connectivity index is 1.55. The summed E-state index contributed by atoms with van der Waals surface area (Å²) in [5.74, 6) is 0.848. The standard InChI is InChI=1S/C16H17ClN3O/c17-14-3-1-13(2-4-14)12-19-7-9-20(10-8-19)16-6-5-15(21)11-18-16/h1-6,11H,7-10,12H2. The van der Waals surface area contributed by atoms with Gasteiger partial charge in [0.15, 0.2) is 5.75 Å². The predicted molar refractivity (Wildman–Crippen MR) is 83.3 cm³/mol. The molecule has 2 heterocycles. The van der Waals surface area contributed by atoms with Crippen LogP contribution in [0.25, 0.3) is 0 Å². The van der Waals surface area contributed by atoms with Gasteiger partial charge in [0.2, 0.25) is 0 Å². The number of piperazine rings is 1. The first kappa shape index (κ1) is 14.2. The lowest BCUT2D eigenvalue weighted by atomic mass is 10.2. The van der Waals surface area contributed by atoms with Crippen LogP contribution in [0.15, 0.2) is 42.6 Å². The Morgan fingerprint density at radius 3 is 2.33 bits per heavy atom. The molecule has 1 fully saturated rings. The van der Waals surface area contributed by atoms with Crippen molar-refractivity contribution in [1.82, 2.24) is 9.88 Å². The lowest BCUT2D eigenvalue weighted by molar-refractivity contribution is 0.249. The van der Waals surface area contributed by atoms with Gasteiger partial charge in [0, 0.05) is 37.7 Å². The fourth-order valence-corrected chi connectivity index (χ4v) is 2.67. The van der Waals surface area contributed by atoms with Crippen LogP contribution < -0.4 is 4.90 Å². The van der Waals surface area contributed by atoms with E-state index < -0.39 is 0 Å². The number of halogens is 1. The van der Waals surface area contributed by atoms with E-state index in [4.69, 9.17) is 11.6 Å². The van der Waals surface area contributed by atoms with Gasteiger partial charge in [-0.3, -0.25) is 10.0 Å². The number of hydrogen-bond donors (Lipinski definition) is 0. The molecule has 0 aliphatic carbocycles. The molecule has 4 nitrogen and oxygen atoms in total. The third kappa shape index (κ3) is 3.65. The Morgan fingerprint density at radius 1 is 1.00 bits per heavy atom. The van der Waals surface area contributed by atoms with Gasteiger partial charge in [-0.15, -0.1) is 0 Å². The van der Waals surface area contributed by atoms with Gasteiger partial charge in [-0.1, -0.05) is 23.7 Å². The van der Waals surface area contributed by atoms with E-state index in [2.05, 4.69) is 26.9 Å². The number of rotatable bonds is 3. The summed E-state index contributed by atoms with van der Waals surface area (Å²) in [5.41, 5.74) is 1.28. The number of aromatic nitrogens is 1. The number of nitrogens with zero attached hydrogens (tertiary/aromatic N) is 3. The molecular formula is C16H17ClN3O. The van der Waals surface area contributed by atoms with Crippen molar-refractivity contribution in [1.29, 1.82) is 0 Å². The topological polar surface area (TPSA) is 39.3 Å². The molecule has 0 bridgehead atoms. The van der Waals surface area contributed by atoms with Gasteiger partial charge in [0.1, 0.15) is 5.82 Å². The largest absolute Gasteiger partial charge is 0.354 e. The minimum absolute atomic E-state index is 0.0416. The molecule has 0 spiro atoms. The minimum atomic E-state index is -0.0416.